The molecule has 0 spiro atoms. The Morgan fingerprint density at radius 3 is 2.79 bits per heavy atom. The van der Waals surface area contributed by atoms with Crippen molar-refractivity contribution in [3.63, 3.8) is 0 Å². The minimum absolute atomic E-state index is 0.943. The summed E-state index contributed by atoms with van der Waals surface area (Å²) < 4.78 is 0. The number of nitrogens with one attached hydrogen (secondary N) is 1. The van der Waals surface area contributed by atoms with Crippen molar-refractivity contribution < 1.29 is 0 Å². The van der Waals surface area contributed by atoms with E-state index in [2.05, 4.69) is 35.6 Å². The molecule has 1 aliphatic heterocycles. The maximum Gasteiger partial charge on any atom is -0.00200 e. The summed E-state index contributed by atoms with van der Waals surface area (Å²) in [5.74, 6) is 0.943. The van der Waals surface area contributed by atoms with Gasteiger partial charge in [0.2, 0.25) is 0 Å². The number of rotatable bonds is 4. The van der Waals surface area contributed by atoms with E-state index in [4.69, 9.17) is 0 Å². The average molecular weight is 189 g/mol. The van der Waals surface area contributed by atoms with E-state index in [1.54, 1.807) is 0 Å². The molecule has 14 heavy (non-hydrogen) atoms. The van der Waals surface area contributed by atoms with E-state index in [9.17, 15) is 0 Å². The van der Waals surface area contributed by atoms with Gasteiger partial charge in [0.25, 0.3) is 0 Å². The highest BCUT2D eigenvalue weighted by molar-refractivity contribution is 5.14. The highest BCUT2D eigenvalue weighted by atomic mass is 14.9. The maximum absolute atomic E-state index is 3.42. The van der Waals surface area contributed by atoms with E-state index in [1.165, 1.54) is 44.3 Å². The first kappa shape index (κ1) is 9.72. The minimum atomic E-state index is 0.943. The van der Waals surface area contributed by atoms with Crippen LogP contribution in [0, 0.1) is 5.92 Å². The predicted molar refractivity (Wildman–Crippen MR) is 60.4 cm³/mol. The molecule has 0 bridgehead atoms. The van der Waals surface area contributed by atoms with Crippen LogP contribution in [-0.4, -0.2) is 13.1 Å². The molecule has 1 atom stereocenters. The van der Waals surface area contributed by atoms with Crippen LogP contribution in [0.3, 0.4) is 0 Å². The van der Waals surface area contributed by atoms with E-state index in [1.807, 2.05) is 0 Å². The molecule has 1 N–H and O–H groups in total. The third-order valence-electron chi connectivity index (χ3n) is 3.08. The van der Waals surface area contributed by atoms with Crippen molar-refractivity contribution in [1.29, 1.82) is 0 Å². The van der Waals surface area contributed by atoms with Gasteiger partial charge >= 0.3 is 0 Å². The molecule has 2 rings (SSSR count). The summed E-state index contributed by atoms with van der Waals surface area (Å²) in [7, 11) is 0. The Labute approximate surface area is 86.5 Å². The fourth-order valence-corrected chi connectivity index (χ4v) is 2.20. The monoisotopic (exact) mass is 189 g/mol. The Hall–Kier alpha value is -0.820. The van der Waals surface area contributed by atoms with Crippen LogP contribution < -0.4 is 5.32 Å². The van der Waals surface area contributed by atoms with Gasteiger partial charge in [-0.3, -0.25) is 0 Å². The van der Waals surface area contributed by atoms with E-state index >= 15 is 0 Å². The van der Waals surface area contributed by atoms with Gasteiger partial charge in [0.1, 0.15) is 0 Å². The normalized spacial score (nSPS) is 21.3. The molecule has 0 unspecified atom stereocenters. The lowest BCUT2D eigenvalue weighted by atomic mass is 9.99. The highest BCUT2D eigenvalue weighted by Crippen LogP contribution is 2.16. The number of benzene rings is 1. The van der Waals surface area contributed by atoms with Crippen LogP contribution >= 0.6 is 0 Å². The van der Waals surface area contributed by atoms with Gasteiger partial charge in [0.05, 0.1) is 0 Å². The molecule has 1 fully saturated rings. The highest BCUT2D eigenvalue weighted by Gasteiger charge is 2.13. The first-order chi connectivity index (χ1) is 6.95. The lowest BCUT2D eigenvalue weighted by Crippen LogP contribution is -2.08. The second-order valence-electron chi connectivity index (χ2n) is 4.24. The Bertz CT molecular complexity index is 249. The van der Waals surface area contributed by atoms with Crippen molar-refractivity contribution in [2.45, 2.75) is 25.7 Å². The second kappa shape index (κ2) is 5.16. The van der Waals surface area contributed by atoms with Crippen molar-refractivity contribution in [3.8, 4) is 0 Å². The van der Waals surface area contributed by atoms with Gasteiger partial charge in [-0.1, -0.05) is 30.3 Å². The van der Waals surface area contributed by atoms with E-state index < -0.39 is 0 Å². The molecule has 76 valence electrons. The summed E-state index contributed by atoms with van der Waals surface area (Å²) in [6.45, 7) is 2.48. The van der Waals surface area contributed by atoms with Crippen LogP contribution in [0.1, 0.15) is 24.8 Å². The Balaban J connectivity index is 1.67. The molecular formula is C13H19N. The van der Waals surface area contributed by atoms with Crippen LogP contribution in [-0.2, 0) is 6.42 Å². The third-order valence-corrected chi connectivity index (χ3v) is 3.08. The van der Waals surface area contributed by atoms with Crippen LogP contribution in [0.5, 0.6) is 0 Å². The minimum Gasteiger partial charge on any atom is -0.316 e. The van der Waals surface area contributed by atoms with Crippen molar-refractivity contribution in [2.75, 3.05) is 13.1 Å². The lowest BCUT2D eigenvalue weighted by Gasteiger charge is -2.07. The third kappa shape index (κ3) is 2.85. The molecule has 0 aliphatic carbocycles. The van der Waals surface area contributed by atoms with Crippen molar-refractivity contribution in [2.24, 2.45) is 5.92 Å². The smallest absolute Gasteiger partial charge is 0.00200 e. The van der Waals surface area contributed by atoms with Gasteiger partial charge in [0.15, 0.2) is 0 Å². The Morgan fingerprint density at radius 1 is 1.21 bits per heavy atom. The van der Waals surface area contributed by atoms with Crippen LogP contribution in [0.4, 0.5) is 0 Å². The molecule has 1 saturated heterocycles. The molecular weight excluding hydrogens is 170 g/mol. The zero-order chi connectivity index (χ0) is 9.64. The molecule has 1 heteroatoms. The summed E-state index contributed by atoms with van der Waals surface area (Å²) in [6, 6.07) is 10.8. The van der Waals surface area contributed by atoms with Crippen LogP contribution in [0.2, 0.25) is 0 Å². The molecule has 1 heterocycles. The lowest BCUT2D eigenvalue weighted by molar-refractivity contribution is 0.510. The van der Waals surface area contributed by atoms with E-state index in [-0.39, 0.29) is 0 Å². The Kier molecular flexibility index (Phi) is 3.58. The largest absolute Gasteiger partial charge is 0.316 e. The first-order valence-electron chi connectivity index (χ1n) is 5.70. The summed E-state index contributed by atoms with van der Waals surface area (Å²) in [6.07, 6.45) is 5.37. The molecule has 1 aromatic carbocycles. The SMILES string of the molecule is c1ccc(CCC[C@H]2CCNC2)cc1. The zero-order valence-electron chi connectivity index (χ0n) is 8.71. The topological polar surface area (TPSA) is 12.0 Å². The number of hydrogen-bond donors (Lipinski definition) is 1. The van der Waals surface area contributed by atoms with Gasteiger partial charge in [0, 0.05) is 0 Å². The van der Waals surface area contributed by atoms with Gasteiger partial charge in [-0.15, -0.1) is 0 Å². The fourth-order valence-electron chi connectivity index (χ4n) is 2.20. The summed E-state index contributed by atoms with van der Waals surface area (Å²) in [5, 5.41) is 3.42. The molecule has 1 nitrogen and oxygen atoms in total. The van der Waals surface area contributed by atoms with Crippen molar-refractivity contribution >= 4 is 0 Å². The second-order valence-corrected chi connectivity index (χ2v) is 4.24. The van der Waals surface area contributed by atoms with Crippen molar-refractivity contribution in [1.82, 2.24) is 5.32 Å². The Morgan fingerprint density at radius 2 is 2.07 bits per heavy atom. The van der Waals surface area contributed by atoms with Gasteiger partial charge in [-0.2, -0.15) is 0 Å². The van der Waals surface area contributed by atoms with Crippen LogP contribution in [0.25, 0.3) is 0 Å². The van der Waals surface area contributed by atoms with E-state index in [0.717, 1.165) is 5.92 Å². The van der Waals surface area contributed by atoms with Gasteiger partial charge < -0.3 is 5.32 Å². The van der Waals surface area contributed by atoms with E-state index in [0.29, 0.717) is 0 Å². The quantitative estimate of drug-likeness (QED) is 0.767. The number of hydrogen-bond acceptors (Lipinski definition) is 1. The molecule has 0 aromatic heterocycles. The maximum atomic E-state index is 3.42. The van der Waals surface area contributed by atoms with Crippen molar-refractivity contribution in [3.05, 3.63) is 35.9 Å². The van der Waals surface area contributed by atoms with Gasteiger partial charge in [-0.25, -0.2) is 0 Å². The summed E-state index contributed by atoms with van der Waals surface area (Å²) in [5.41, 5.74) is 1.48. The molecule has 1 aliphatic rings. The first-order valence-corrected chi connectivity index (χ1v) is 5.70. The molecule has 0 radical (unpaired) electrons. The summed E-state index contributed by atoms with van der Waals surface area (Å²) in [4.78, 5) is 0. The predicted octanol–water partition coefficient (Wildman–Crippen LogP) is 2.62. The van der Waals surface area contributed by atoms with Gasteiger partial charge in [-0.05, 0) is 50.3 Å². The fraction of sp³-hybridized carbons (Fsp3) is 0.538. The van der Waals surface area contributed by atoms with Crippen LogP contribution in [0.15, 0.2) is 30.3 Å². The average Bonchev–Trinajstić information content (AvgIpc) is 2.72. The molecule has 1 aromatic rings. The molecule has 0 amide bonds. The zero-order valence-corrected chi connectivity index (χ0v) is 8.71. The molecule has 0 saturated carbocycles. The standard InChI is InChI=1S/C13H19N/c1-2-5-12(6-3-1)7-4-8-13-9-10-14-11-13/h1-3,5-6,13-14H,4,7-11H2/t13-/m0/s1. The number of aryl methyl sites for hydroxylation is 1. The summed E-state index contributed by atoms with van der Waals surface area (Å²) >= 11 is 0.